The summed E-state index contributed by atoms with van der Waals surface area (Å²) in [5.74, 6) is -0.848. The van der Waals surface area contributed by atoms with Gasteiger partial charge < -0.3 is 9.67 Å². The molecule has 0 saturated carbocycles. The summed E-state index contributed by atoms with van der Waals surface area (Å²) in [4.78, 5) is 11.4. The van der Waals surface area contributed by atoms with Crippen molar-refractivity contribution in [1.82, 2.24) is 4.57 Å². The standard InChI is InChI=1S/C14H17NO2/c1-5-10-11-8(2)6-7-9(3)12(11)15(4)13(10)14(16)17/h6-7H,5H2,1-4H3,(H,16,17). The number of carboxylic acid groups (broad SMARTS) is 1. The van der Waals surface area contributed by atoms with Crippen molar-refractivity contribution in [3.8, 4) is 0 Å². The lowest BCUT2D eigenvalue weighted by Crippen LogP contribution is -2.07. The van der Waals surface area contributed by atoms with Gasteiger partial charge in [0.1, 0.15) is 5.69 Å². The van der Waals surface area contributed by atoms with Crippen LogP contribution in [0.2, 0.25) is 0 Å². The van der Waals surface area contributed by atoms with E-state index >= 15 is 0 Å². The van der Waals surface area contributed by atoms with Gasteiger partial charge >= 0.3 is 5.97 Å². The van der Waals surface area contributed by atoms with Gasteiger partial charge in [0.25, 0.3) is 0 Å². The molecule has 0 bridgehead atoms. The van der Waals surface area contributed by atoms with Gasteiger partial charge in [0.15, 0.2) is 0 Å². The van der Waals surface area contributed by atoms with Gasteiger partial charge in [0, 0.05) is 12.4 Å². The van der Waals surface area contributed by atoms with Crippen LogP contribution in [0, 0.1) is 13.8 Å². The molecule has 0 amide bonds. The average molecular weight is 231 g/mol. The second kappa shape index (κ2) is 3.91. The monoisotopic (exact) mass is 231 g/mol. The number of aryl methyl sites for hydroxylation is 4. The number of carboxylic acids is 1. The van der Waals surface area contributed by atoms with Gasteiger partial charge in [-0.2, -0.15) is 0 Å². The van der Waals surface area contributed by atoms with Crippen LogP contribution in [0.5, 0.6) is 0 Å². The predicted molar refractivity (Wildman–Crippen MR) is 68.7 cm³/mol. The Bertz CT molecular complexity index is 608. The van der Waals surface area contributed by atoms with Gasteiger partial charge in [-0.05, 0) is 37.0 Å². The first-order valence-corrected chi connectivity index (χ1v) is 5.79. The lowest BCUT2D eigenvalue weighted by molar-refractivity contribution is 0.0686. The molecule has 0 saturated heterocycles. The molecule has 2 aromatic rings. The number of hydrogen-bond acceptors (Lipinski definition) is 1. The molecule has 0 aliphatic heterocycles. The molecule has 0 fully saturated rings. The Morgan fingerprint density at radius 3 is 2.41 bits per heavy atom. The van der Waals surface area contributed by atoms with Gasteiger partial charge in [-0.15, -0.1) is 0 Å². The molecule has 0 unspecified atom stereocenters. The van der Waals surface area contributed by atoms with Gasteiger partial charge in [-0.25, -0.2) is 4.79 Å². The zero-order chi connectivity index (χ0) is 12.7. The minimum atomic E-state index is -0.848. The van der Waals surface area contributed by atoms with E-state index in [-0.39, 0.29) is 0 Å². The third-order valence-electron chi connectivity index (χ3n) is 3.40. The molecule has 17 heavy (non-hydrogen) atoms. The lowest BCUT2D eigenvalue weighted by atomic mass is 10.0. The highest BCUT2D eigenvalue weighted by Gasteiger charge is 2.21. The van der Waals surface area contributed by atoms with E-state index in [4.69, 9.17) is 0 Å². The van der Waals surface area contributed by atoms with Crippen LogP contribution in [0.1, 0.15) is 34.1 Å². The maximum Gasteiger partial charge on any atom is 0.352 e. The van der Waals surface area contributed by atoms with Crippen LogP contribution in [0.3, 0.4) is 0 Å². The minimum Gasteiger partial charge on any atom is -0.477 e. The van der Waals surface area contributed by atoms with Crippen molar-refractivity contribution < 1.29 is 9.90 Å². The van der Waals surface area contributed by atoms with Crippen LogP contribution in [0.15, 0.2) is 12.1 Å². The fourth-order valence-electron chi connectivity index (χ4n) is 2.66. The highest BCUT2D eigenvalue weighted by molar-refractivity contribution is 6.00. The average Bonchev–Trinajstić information content (AvgIpc) is 2.58. The molecule has 0 aliphatic rings. The molecule has 90 valence electrons. The number of rotatable bonds is 2. The Labute approximate surface area is 101 Å². The summed E-state index contributed by atoms with van der Waals surface area (Å²) in [5.41, 5.74) is 4.66. The summed E-state index contributed by atoms with van der Waals surface area (Å²) < 4.78 is 1.80. The first-order chi connectivity index (χ1) is 7.99. The van der Waals surface area contributed by atoms with Crippen molar-refractivity contribution >= 4 is 16.9 Å². The molecule has 3 nitrogen and oxygen atoms in total. The summed E-state index contributed by atoms with van der Waals surface area (Å²) in [6.07, 6.45) is 0.739. The van der Waals surface area contributed by atoms with Gasteiger partial charge in [0.2, 0.25) is 0 Å². The van der Waals surface area contributed by atoms with Crippen molar-refractivity contribution in [2.45, 2.75) is 27.2 Å². The van der Waals surface area contributed by atoms with E-state index in [1.165, 1.54) is 0 Å². The topological polar surface area (TPSA) is 42.2 Å². The molecule has 2 rings (SSSR count). The second-order valence-corrected chi connectivity index (χ2v) is 4.47. The number of hydrogen-bond donors (Lipinski definition) is 1. The largest absolute Gasteiger partial charge is 0.477 e. The van der Waals surface area contributed by atoms with Crippen LogP contribution in [0.4, 0.5) is 0 Å². The van der Waals surface area contributed by atoms with Crippen molar-refractivity contribution in [2.24, 2.45) is 7.05 Å². The molecule has 1 heterocycles. The quantitative estimate of drug-likeness (QED) is 0.863. The summed E-state index contributed by atoms with van der Waals surface area (Å²) >= 11 is 0. The predicted octanol–water partition coefficient (Wildman–Crippen LogP) is 3.06. The smallest absolute Gasteiger partial charge is 0.352 e. The van der Waals surface area contributed by atoms with Crippen LogP contribution in [0.25, 0.3) is 10.9 Å². The third-order valence-corrected chi connectivity index (χ3v) is 3.40. The Morgan fingerprint density at radius 2 is 1.88 bits per heavy atom. The summed E-state index contributed by atoms with van der Waals surface area (Å²) in [7, 11) is 1.83. The van der Waals surface area contributed by atoms with Crippen LogP contribution >= 0.6 is 0 Å². The molecule has 0 spiro atoms. The molecule has 0 aliphatic carbocycles. The van der Waals surface area contributed by atoms with Crippen LogP contribution < -0.4 is 0 Å². The molecule has 0 atom stereocenters. The van der Waals surface area contributed by atoms with Gasteiger partial charge in [-0.3, -0.25) is 0 Å². The van der Waals surface area contributed by atoms with E-state index in [2.05, 4.69) is 6.07 Å². The van der Waals surface area contributed by atoms with E-state index in [0.29, 0.717) is 5.69 Å². The van der Waals surface area contributed by atoms with E-state index in [1.807, 2.05) is 33.9 Å². The number of aromatic carboxylic acids is 1. The molecule has 1 aromatic heterocycles. The first kappa shape index (κ1) is 11.7. The van der Waals surface area contributed by atoms with E-state index in [9.17, 15) is 9.90 Å². The summed E-state index contributed by atoms with van der Waals surface area (Å²) in [6, 6.07) is 4.10. The zero-order valence-electron chi connectivity index (χ0n) is 10.7. The number of nitrogens with zero attached hydrogens (tertiary/aromatic N) is 1. The Balaban J connectivity index is 3.04. The van der Waals surface area contributed by atoms with Crippen molar-refractivity contribution in [2.75, 3.05) is 0 Å². The summed E-state index contributed by atoms with van der Waals surface area (Å²) in [6.45, 7) is 6.06. The lowest BCUT2D eigenvalue weighted by Gasteiger charge is -2.04. The van der Waals surface area contributed by atoms with Gasteiger partial charge in [0.05, 0.1) is 5.52 Å². The van der Waals surface area contributed by atoms with Crippen molar-refractivity contribution in [1.29, 1.82) is 0 Å². The van der Waals surface area contributed by atoms with Crippen molar-refractivity contribution in [3.63, 3.8) is 0 Å². The maximum absolute atomic E-state index is 11.4. The molecular weight excluding hydrogens is 214 g/mol. The van der Waals surface area contributed by atoms with E-state index in [1.54, 1.807) is 4.57 Å². The fraction of sp³-hybridized carbons (Fsp3) is 0.357. The fourth-order valence-corrected chi connectivity index (χ4v) is 2.66. The number of fused-ring (bicyclic) bond motifs is 1. The molecule has 1 aromatic carbocycles. The minimum absolute atomic E-state index is 0.417. The number of benzene rings is 1. The highest BCUT2D eigenvalue weighted by Crippen LogP contribution is 2.31. The van der Waals surface area contributed by atoms with Crippen LogP contribution in [-0.2, 0) is 13.5 Å². The zero-order valence-corrected chi connectivity index (χ0v) is 10.7. The van der Waals surface area contributed by atoms with E-state index in [0.717, 1.165) is 34.0 Å². The summed E-state index contributed by atoms with van der Waals surface area (Å²) in [5, 5.41) is 10.4. The first-order valence-electron chi connectivity index (χ1n) is 5.79. The normalized spacial score (nSPS) is 11.1. The SMILES string of the molecule is CCc1c(C(=O)O)n(C)c2c(C)ccc(C)c12. The second-order valence-electron chi connectivity index (χ2n) is 4.47. The molecule has 1 N–H and O–H groups in total. The van der Waals surface area contributed by atoms with E-state index < -0.39 is 5.97 Å². The van der Waals surface area contributed by atoms with Crippen molar-refractivity contribution in [3.05, 3.63) is 34.5 Å². The molecule has 0 radical (unpaired) electrons. The maximum atomic E-state index is 11.4. The Morgan fingerprint density at radius 1 is 1.29 bits per heavy atom. The Hall–Kier alpha value is -1.77. The molecular formula is C14H17NO2. The molecule has 3 heteroatoms. The van der Waals surface area contributed by atoms with Crippen LogP contribution in [-0.4, -0.2) is 15.6 Å². The van der Waals surface area contributed by atoms with Gasteiger partial charge in [-0.1, -0.05) is 19.1 Å². The number of aromatic nitrogens is 1. The highest BCUT2D eigenvalue weighted by atomic mass is 16.4. The Kier molecular flexibility index (Phi) is 2.69. The number of carbonyl (C=O) groups is 1. The third kappa shape index (κ3) is 1.54.